The molecule has 4 fully saturated rings. The van der Waals surface area contributed by atoms with E-state index in [0.717, 1.165) is 59.1 Å². The van der Waals surface area contributed by atoms with E-state index in [1.54, 1.807) is 24.9 Å². The molecule has 4 heterocycles. The molecule has 2 aromatic rings. The Kier molecular flexibility index (Phi) is 7.27. The number of carboxylic acids is 1. The lowest BCUT2D eigenvalue weighted by Crippen LogP contribution is -2.42. The highest BCUT2D eigenvalue weighted by molar-refractivity contribution is 8.00. The number of aromatic nitrogens is 1. The van der Waals surface area contributed by atoms with Gasteiger partial charge in [0.25, 0.3) is 5.91 Å². The van der Waals surface area contributed by atoms with Crippen molar-refractivity contribution in [1.82, 2.24) is 14.8 Å². The van der Waals surface area contributed by atoms with Crippen LogP contribution in [0.3, 0.4) is 0 Å². The fourth-order valence-electron chi connectivity index (χ4n) is 8.25. The van der Waals surface area contributed by atoms with Gasteiger partial charge in [0.15, 0.2) is 18.1 Å². The fourth-order valence-corrected chi connectivity index (χ4v) is 11.1. The lowest BCUT2D eigenvalue weighted by molar-refractivity contribution is -0.142. The van der Waals surface area contributed by atoms with Gasteiger partial charge in [-0.3, -0.25) is 28.9 Å². The van der Waals surface area contributed by atoms with Crippen LogP contribution < -0.4 is 14.3 Å². The highest BCUT2D eigenvalue weighted by Gasteiger charge is 2.69. The minimum Gasteiger partial charge on any atom is -0.493 e. The third kappa shape index (κ3) is 4.66. The minimum absolute atomic E-state index is 0.00327. The molecule has 3 aliphatic heterocycles. The molecule has 5 aliphatic rings. The number of fused-ring (bicyclic) bond motifs is 9. The van der Waals surface area contributed by atoms with Crippen LogP contribution in [0.5, 0.6) is 11.5 Å². The Morgan fingerprint density at radius 1 is 1.05 bits per heavy atom. The largest absolute Gasteiger partial charge is 0.493 e. The molecule has 7 rings (SSSR count). The van der Waals surface area contributed by atoms with Gasteiger partial charge in [-0.1, -0.05) is 17.4 Å². The van der Waals surface area contributed by atoms with Crippen molar-refractivity contribution < 1.29 is 33.8 Å². The lowest BCUT2D eigenvalue weighted by atomic mass is 9.68. The zero-order chi connectivity index (χ0) is 30.0. The highest BCUT2D eigenvalue weighted by Crippen LogP contribution is 2.68. The zero-order valence-electron chi connectivity index (χ0n) is 23.7. The summed E-state index contributed by atoms with van der Waals surface area (Å²) in [5, 5.41) is 9.98. The number of likely N-dealkylation sites (tertiary alicyclic amines) is 2. The van der Waals surface area contributed by atoms with Crippen LogP contribution in [0.1, 0.15) is 48.5 Å². The summed E-state index contributed by atoms with van der Waals surface area (Å²) in [6, 6.07) is 5.65. The van der Waals surface area contributed by atoms with Crippen LogP contribution in [-0.2, 0) is 19.2 Å². The number of carboxylic acid groups (broad SMARTS) is 1. The highest BCUT2D eigenvalue weighted by atomic mass is 32.2. The summed E-state index contributed by atoms with van der Waals surface area (Å²) in [5.74, 6) is -1.91. The van der Waals surface area contributed by atoms with Gasteiger partial charge in [0.1, 0.15) is 0 Å². The molecule has 11 nitrogen and oxygen atoms in total. The minimum atomic E-state index is -1.05. The molecule has 1 aromatic heterocycles. The predicted molar refractivity (Wildman–Crippen MR) is 156 cm³/mol. The summed E-state index contributed by atoms with van der Waals surface area (Å²) in [6.07, 6.45) is 3.61. The van der Waals surface area contributed by atoms with E-state index >= 15 is 0 Å². The number of piperidine rings is 1. The van der Waals surface area contributed by atoms with Crippen molar-refractivity contribution in [2.75, 3.05) is 33.4 Å². The SMILES string of the molecule is COc1cc([C@H]2c3sc(=O)[nH]c3SC3C4CC(C5C(=O)N(CCC(=O)O)C(=O)C45)C32)ccc1OCC(=O)N1CCCCC1. The predicted octanol–water partition coefficient (Wildman–Crippen LogP) is 2.78. The number of nitrogens with one attached hydrogen (secondary N) is 1. The van der Waals surface area contributed by atoms with Crippen LogP contribution in [0.2, 0.25) is 0 Å². The van der Waals surface area contributed by atoms with E-state index in [2.05, 4.69) is 4.98 Å². The van der Waals surface area contributed by atoms with E-state index in [-0.39, 0.29) is 71.1 Å². The first-order valence-corrected chi connectivity index (χ1v) is 16.5. The monoisotopic (exact) mass is 627 g/mol. The van der Waals surface area contributed by atoms with Crippen molar-refractivity contribution in [3.63, 3.8) is 0 Å². The van der Waals surface area contributed by atoms with Gasteiger partial charge >= 0.3 is 10.8 Å². The van der Waals surface area contributed by atoms with E-state index < -0.39 is 17.8 Å². The van der Waals surface area contributed by atoms with E-state index in [4.69, 9.17) is 14.6 Å². The first kappa shape index (κ1) is 28.5. The van der Waals surface area contributed by atoms with Crippen molar-refractivity contribution in [3.05, 3.63) is 38.3 Å². The Labute approximate surface area is 255 Å². The van der Waals surface area contributed by atoms with Crippen LogP contribution in [-0.4, -0.2) is 82.2 Å². The summed E-state index contributed by atoms with van der Waals surface area (Å²) in [5.41, 5.74) is 0.918. The number of rotatable bonds is 8. The van der Waals surface area contributed by atoms with Gasteiger partial charge in [0.2, 0.25) is 11.8 Å². The molecule has 43 heavy (non-hydrogen) atoms. The van der Waals surface area contributed by atoms with Gasteiger partial charge in [-0.2, -0.15) is 0 Å². The zero-order valence-corrected chi connectivity index (χ0v) is 25.3. The number of benzene rings is 1. The number of thioether (sulfide) groups is 1. The second-order valence-electron chi connectivity index (χ2n) is 12.1. The standard InChI is InChI=1S/C30H33N3O8S2/c1-40-18-11-14(5-6-17(18)41-13-19(34)32-8-3-2-4-9-32)21-22-15-12-16(25(22)42-27-26(21)43-30(39)31-27)24-23(15)28(37)33(29(24)38)10-7-20(35)36/h5-6,11,15-16,21-25H,2-4,7-10,12-13H2,1H3,(H,31,39)(H,35,36)/t15?,16?,21-,22?,23?,24?,25?/m1/s1. The maximum Gasteiger partial charge on any atom is 0.305 e. The molecule has 3 amide bonds. The number of nitrogens with zero attached hydrogens (tertiary/aromatic N) is 2. The first-order chi connectivity index (χ1) is 20.8. The molecule has 2 saturated heterocycles. The number of thiazole rings is 1. The average Bonchev–Trinajstić information content (AvgIpc) is 3.74. The summed E-state index contributed by atoms with van der Waals surface area (Å²) < 4.78 is 11.6. The van der Waals surface area contributed by atoms with Crippen molar-refractivity contribution in [2.24, 2.45) is 29.6 Å². The summed E-state index contributed by atoms with van der Waals surface area (Å²) in [7, 11) is 1.55. The molecule has 13 heteroatoms. The molecule has 2 bridgehead atoms. The number of H-pyrrole nitrogens is 1. The molecule has 6 unspecified atom stereocenters. The molecule has 228 valence electrons. The molecule has 0 radical (unpaired) electrons. The fraction of sp³-hybridized carbons (Fsp3) is 0.567. The van der Waals surface area contributed by atoms with E-state index in [1.807, 2.05) is 17.0 Å². The molecular formula is C30H33N3O8S2. The second kappa shape index (κ2) is 11.0. The topological polar surface area (TPSA) is 146 Å². The Balaban J connectivity index is 1.19. The summed E-state index contributed by atoms with van der Waals surface area (Å²) >= 11 is 2.77. The quantitative estimate of drug-likeness (QED) is 0.422. The van der Waals surface area contributed by atoms with Crippen LogP contribution in [0, 0.1) is 29.6 Å². The summed E-state index contributed by atoms with van der Waals surface area (Å²) in [4.78, 5) is 70.1. The van der Waals surface area contributed by atoms with Crippen LogP contribution in [0.25, 0.3) is 0 Å². The Bertz CT molecular complexity index is 1550. The van der Waals surface area contributed by atoms with Gasteiger partial charge in [-0.05, 0) is 61.1 Å². The maximum absolute atomic E-state index is 13.5. The smallest absolute Gasteiger partial charge is 0.305 e. The van der Waals surface area contributed by atoms with E-state index in [9.17, 15) is 24.0 Å². The Morgan fingerprint density at radius 2 is 1.79 bits per heavy atom. The van der Waals surface area contributed by atoms with Crippen molar-refractivity contribution in [3.8, 4) is 11.5 Å². The Morgan fingerprint density at radius 3 is 2.51 bits per heavy atom. The third-order valence-electron chi connectivity index (χ3n) is 9.97. The van der Waals surface area contributed by atoms with Crippen LogP contribution in [0.4, 0.5) is 0 Å². The molecule has 2 aliphatic carbocycles. The second-order valence-corrected chi connectivity index (χ2v) is 14.3. The van der Waals surface area contributed by atoms with Crippen LogP contribution >= 0.6 is 23.1 Å². The molecule has 0 spiro atoms. The molecule has 1 aromatic carbocycles. The molecule has 2 N–H and O–H groups in total. The van der Waals surface area contributed by atoms with Gasteiger partial charge in [-0.25, -0.2) is 0 Å². The van der Waals surface area contributed by atoms with Crippen LogP contribution in [0.15, 0.2) is 28.0 Å². The number of amides is 3. The molecular weight excluding hydrogens is 594 g/mol. The number of aliphatic carboxylic acids is 1. The number of aromatic amines is 1. The Hall–Kier alpha value is -3.32. The van der Waals surface area contributed by atoms with Gasteiger partial charge < -0.3 is 24.5 Å². The number of hydrogen-bond donors (Lipinski definition) is 2. The average molecular weight is 628 g/mol. The number of imide groups is 1. The van der Waals surface area contributed by atoms with E-state index in [0.29, 0.717) is 11.5 Å². The van der Waals surface area contributed by atoms with Gasteiger partial charge in [-0.15, -0.1) is 11.8 Å². The first-order valence-electron chi connectivity index (χ1n) is 14.8. The number of ether oxygens (including phenoxy) is 2. The summed E-state index contributed by atoms with van der Waals surface area (Å²) in [6.45, 7) is 1.31. The van der Waals surface area contributed by atoms with Gasteiger partial charge in [0.05, 0.1) is 30.4 Å². The number of hydrogen-bond acceptors (Lipinski definition) is 9. The number of carbonyl (C=O) groups excluding carboxylic acids is 3. The number of carbonyl (C=O) groups is 4. The van der Waals surface area contributed by atoms with Gasteiger partial charge in [0, 0.05) is 35.7 Å². The third-order valence-corrected chi connectivity index (χ3v) is 12.6. The van der Waals surface area contributed by atoms with Crippen molar-refractivity contribution >= 4 is 46.8 Å². The molecule has 7 atom stereocenters. The van der Waals surface area contributed by atoms with Crippen molar-refractivity contribution in [1.29, 1.82) is 0 Å². The number of methoxy groups -OCH3 is 1. The normalized spacial score (nSPS) is 30.7. The van der Waals surface area contributed by atoms with E-state index in [1.165, 1.54) is 11.3 Å². The van der Waals surface area contributed by atoms with Crippen molar-refractivity contribution in [2.45, 2.75) is 48.3 Å². The lowest BCUT2D eigenvalue weighted by Gasteiger charge is -2.43. The maximum atomic E-state index is 13.5. The molecule has 2 saturated carbocycles.